The molecule has 7 nitrogen and oxygen atoms in total. The SMILES string of the molecule is CCN(CC)CC[C@H]1CN(S(=O)(=O)N(C)C)Cc2cncn21. The molecule has 0 bridgehead atoms. The molecule has 22 heavy (non-hydrogen) atoms. The van der Waals surface area contributed by atoms with Crippen molar-refractivity contribution in [1.82, 2.24) is 23.1 Å². The zero-order valence-electron chi connectivity index (χ0n) is 13.9. The van der Waals surface area contributed by atoms with Gasteiger partial charge in [-0.25, -0.2) is 4.98 Å². The van der Waals surface area contributed by atoms with Crippen molar-refractivity contribution in [3.05, 3.63) is 18.2 Å². The van der Waals surface area contributed by atoms with Gasteiger partial charge in [0.2, 0.25) is 0 Å². The Morgan fingerprint density at radius 2 is 2.00 bits per heavy atom. The van der Waals surface area contributed by atoms with E-state index < -0.39 is 10.2 Å². The smallest absolute Gasteiger partial charge is 0.281 e. The van der Waals surface area contributed by atoms with E-state index in [1.165, 1.54) is 4.31 Å². The van der Waals surface area contributed by atoms with Gasteiger partial charge in [0.05, 0.1) is 18.6 Å². The van der Waals surface area contributed by atoms with Gasteiger partial charge in [0.1, 0.15) is 0 Å². The first-order valence-corrected chi connectivity index (χ1v) is 9.20. The Bertz CT molecular complexity index is 580. The van der Waals surface area contributed by atoms with Crippen LogP contribution in [-0.4, -0.2) is 71.8 Å². The summed E-state index contributed by atoms with van der Waals surface area (Å²) in [7, 11) is -0.240. The third kappa shape index (κ3) is 3.51. The standard InChI is InChI=1S/C14H27N5O2S/c1-5-17(6-2)8-7-13-10-18(22(20,21)16(3)4)11-14-9-15-12-19(13)14/h9,12-13H,5-8,10-11H2,1-4H3/t13-/m0/s1. The van der Waals surface area contributed by atoms with Crippen LogP contribution in [0, 0.1) is 0 Å². The largest absolute Gasteiger partial charge is 0.329 e. The van der Waals surface area contributed by atoms with E-state index in [9.17, 15) is 8.42 Å². The van der Waals surface area contributed by atoms with Gasteiger partial charge in [0.25, 0.3) is 10.2 Å². The van der Waals surface area contributed by atoms with Crippen LogP contribution in [0.15, 0.2) is 12.5 Å². The molecule has 1 atom stereocenters. The monoisotopic (exact) mass is 329 g/mol. The van der Waals surface area contributed by atoms with Crippen molar-refractivity contribution in [3.63, 3.8) is 0 Å². The van der Waals surface area contributed by atoms with Crippen LogP contribution in [0.5, 0.6) is 0 Å². The Hall–Kier alpha value is -0.960. The fraction of sp³-hybridized carbons (Fsp3) is 0.786. The van der Waals surface area contributed by atoms with Crippen molar-refractivity contribution < 1.29 is 8.42 Å². The number of aromatic nitrogens is 2. The first-order chi connectivity index (χ1) is 10.4. The fourth-order valence-corrected chi connectivity index (χ4v) is 3.98. The van der Waals surface area contributed by atoms with Crippen molar-refractivity contribution in [2.24, 2.45) is 0 Å². The van der Waals surface area contributed by atoms with E-state index in [0.717, 1.165) is 31.7 Å². The summed E-state index contributed by atoms with van der Waals surface area (Å²) in [5.41, 5.74) is 0.959. The molecule has 0 saturated carbocycles. The topological polar surface area (TPSA) is 61.7 Å². The zero-order valence-corrected chi connectivity index (χ0v) is 14.8. The molecular weight excluding hydrogens is 302 g/mol. The molecule has 0 fully saturated rings. The van der Waals surface area contributed by atoms with E-state index in [1.807, 2.05) is 6.33 Å². The summed E-state index contributed by atoms with van der Waals surface area (Å²) in [5.74, 6) is 0. The third-order valence-electron chi connectivity index (χ3n) is 4.35. The molecule has 0 amide bonds. The molecule has 2 heterocycles. The summed E-state index contributed by atoms with van der Waals surface area (Å²) in [5, 5.41) is 0. The molecule has 1 aromatic rings. The van der Waals surface area contributed by atoms with E-state index in [4.69, 9.17) is 0 Å². The van der Waals surface area contributed by atoms with Gasteiger partial charge in [0.15, 0.2) is 0 Å². The quantitative estimate of drug-likeness (QED) is 0.742. The van der Waals surface area contributed by atoms with Crippen molar-refractivity contribution >= 4 is 10.2 Å². The highest BCUT2D eigenvalue weighted by atomic mass is 32.2. The summed E-state index contributed by atoms with van der Waals surface area (Å²) < 4.78 is 29.8. The highest BCUT2D eigenvalue weighted by Crippen LogP contribution is 2.26. The van der Waals surface area contributed by atoms with Gasteiger partial charge in [-0.2, -0.15) is 17.0 Å². The minimum absolute atomic E-state index is 0.140. The van der Waals surface area contributed by atoms with Gasteiger partial charge in [0, 0.05) is 39.4 Å². The van der Waals surface area contributed by atoms with Crippen LogP contribution < -0.4 is 0 Å². The van der Waals surface area contributed by atoms with Crippen molar-refractivity contribution in [1.29, 1.82) is 0 Å². The molecule has 0 radical (unpaired) electrons. The second-order valence-corrected chi connectivity index (χ2v) is 7.99. The van der Waals surface area contributed by atoms with E-state index in [1.54, 1.807) is 24.6 Å². The van der Waals surface area contributed by atoms with Crippen LogP contribution in [0.4, 0.5) is 0 Å². The van der Waals surface area contributed by atoms with Crippen molar-refractivity contribution in [2.45, 2.75) is 32.9 Å². The molecular formula is C14H27N5O2S. The Morgan fingerprint density at radius 3 is 2.59 bits per heavy atom. The third-order valence-corrected chi connectivity index (χ3v) is 6.21. The van der Waals surface area contributed by atoms with Gasteiger partial charge < -0.3 is 9.47 Å². The molecule has 0 aliphatic carbocycles. The minimum Gasteiger partial charge on any atom is -0.329 e. The first-order valence-electron chi connectivity index (χ1n) is 7.80. The van der Waals surface area contributed by atoms with Crippen LogP contribution >= 0.6 is 0 Å². The number of rotatable bonds is 7. The average molecular weight is 329 g/mol. The summed E-state index contributed by atoms with van der Waals surface area (Å²) in [4.78, 5) is 6.55. The molecule has 2 rings (SSSR count). The minimum atomic E-state index is -3.39. The van der Waals surface area contributed by atoms with E-state index in [-0.39, 0.29) is 6.04 Å². The summed E-state index contributed by atoms with van der Waals surface area (Å²) >= 11 is 0. The van der Waals surface area contributed by atoms with Crippen LogP contribution in [0.2, 0.25) is 0 Å². The molecule has 0 spiro atoms. The summed E-state index contributed by atoms with van der Waals surface area (Å²) in [6, 6.07) is 0.140. The van der Waals surface area contributed by atoms with E-state index >= 15 is 0 Å². The van der Waals surface area contributed by atoms with Crippen LogP contribution in [0.3, 0.4) is 0 Å². The van der Waals surface area contributed by atoms with Gasteiger partial charge in [-0.15, -0.1) is 0 Å². The number of hydrogen-bond donors (Lipinski definition) is 0. The Kier molecular flexibility index (Phi) is 5.60. The summed E-state index contributed by atoms with van der Waals surface area (Å²) in [6.07, 6.45) is 4.51. The van der Waals surface area contributed by atoms with Crippen LogP contribution in [0.1, 0.15) is 32.0 Å². The molecule has 0 unspecified atom stereocenters. The Balaban J connectivity index is 2.16. The number of fused-ring (bicyclic) bond motifs is 1. The highest BCUT2D eigenvalue weighted by Gasteiger charge is 2.33. The maximum Gasteiger partial charge on any atom is 0.281 e. The number of imidazole rings is 1. The lowest BCUT2D eigenvalue weighted by atomic mass is 10.1. The molecule has 8 heteroatoms. The lowest BCUT2D eigenvalue weighted by Gasteiger charge is -2.35. The van der Waals surface area contributed by atoms with Gasteiger partial charge in [-0.05, 0) is 19.5 Å². The molecule has 1 aliphatic rings. The van der Waals surface area contributed by atoms with Crippen molar-refractivity contribution in [2.75, 3.05) is 40.3 Å². The van der Waals surface area contributed by atoms with Gasteiger partial charge >= 0.3 is 0 Å². The normalized spacial score (nSPS) is 19.8. The molecule has 126 valence electrons. The average Bonchev–Trinajstić information content (AvgIpc) is 2.96. The predicted molar refractivity (Wildman–Crippen MR) is 86.7 cm³/mol. The second kappa shape index (κ2) is 7.08. The van der Waals surface area contributed by atoms with Crippen molar-refractivity contribution in [3.8, 4) is 0 Å². The summed E-state index contributed by atoms with van der Waals surface area (Å²) in [6.45, 7) is 8.18. The van der Waals surface area contributed by atoms with E-state index in [0.29, 0.717) is 13.1 Å². The zero-order chi connectivity index (χ0) is 16.3. The Morgan fingerprint density at radius 1 is 1.32 bits per heavy atom. The first kappa shape index (κ1) is 17.4. The molecule has 0 N–H and O–H groups in total. The lowest BCUT2D eigenvalue weighted by molar-refractivity contribution is 0.224. The maximum atomic E-state index is 12.4. The van der Waals surface area contributed by atoms with Crippen LogP contribution in [-0.2, 0) is 16.8 Å². The molecule has 0 saturated heterocycles. The highest BCUT2D eigenvalue weighted by molar-refractivity contribution is 7.86. The van der Waals surface area contributed by atoms with Gasteiger partial charge in [-0.3, -0.25) is 0 Å². The fourth-order valence-electron chi connectivity index (χ4n) is 2.86. The predicted octanol–water partition coefficient (Wildman–Crippen LogP) is 0.778. The van der Waals surface area contributed by atoms with Gasteiger partial charge in [-0.1, -0.05) is 13.8 Å². The van der Waals surface area contributed by atoms with Crippen LogP contribution in [0.25, 0.3) is 0 Å². The number of nitrogens with zero attached hydrogens (tertiary/aromatic N) is 5. The lowest BCUT2D eigenvalue weighted by Crippen LogP contribution is -2.46. The number of hydrogen-bond acceptors (Lipinski definition) is 4. The molecule has 1 aliphatic heterocycles. The van der Waals surface area contributed by atoms with E-state index in [2.05, 4.69) is 28.3 Å². The maximum absolute atomic E-state index is 12.4. The Labute approximate surface area is 133 Å². The second-order valence-electron chi connectivity index (χ2n) is 5.84. The molecule has 0 aromatic carbocycles. The molecule has 1 aromatic heterocycles.